The molecule has 8 nitrogen and oxygen atoms in total. The van der Waals surface area contributed by atoms with Gasteiger partial charge in [-0.3, -0.25) is 14.6 Å². The van der Waals surface area contributed by atoms with E-state index in [2.05, 4.69) is 10.3 Å². The molecular formula is C28H29N3O5. The molecule has 0 spiro atoms. The quantitative estimate of drug-likeness (QED) is 0.592. The van der Waals surface area contributed by atoms with Crippen molar-refractivity contribution in [1.29, 1.82) is 0 Å². The highest BCUT2D eigenvalue weighted by atomic mass is 16.5. The van der Waals surface area contributed by atoms with Crippen molar-refractivity contribution in [3.8, 4) is 17.2 Å². The van der Waals surface area contributed by atoms with E-state index in [1.165, 1.54) is 0 Å². The highest BCUT2D eigenvalue weighted by Gasteiger charge is 2.34. The van der Waals surface area contributed by atoms with Crippen molar-refractivity contribution >= 4 is 11.8 Å². The summed E-state index contributed by atoms with van der Waals surface area (Å²) in [4.78, 5) is 31.9. The number of carbonyl (C=O) groups is 2. The van der Waals surface area contributed by atoms with Crippen LogP contribution in [0.5, 0.6) is 17.2 Å². The van der Waals surface area contributed by atoms with E-state index in [1.54, 1.807) is 36.4 Å². The number of aromatic nitrogens is 1. The number of likely N-dealkylation sites (tertiary alicyclic amines) is 1. The topological polar surface area (TPSA) is 90.0 Å². The number of ether oxygens (including phenoxy) is 3. The number of benzene rings is 2. The molecule has 2 aromatic carbocycles. The molecular weight excluding hydrogens is 458 g/mol. The van der Waals surface area contributed by atoms with Crippen LogP contribution in [0.15, 0.2) is 66.9 Å². The van der Waals surface area contributed by atoms with Gasteiger partial charge in [-0.1, -0.05) is 24.3 Å². The molecule has 5 rings (SSSR count). The molecule has 1 N–H and O–H groups in total. The molecule has 0 radical (unpaired) electrons. The van der Waals surface area contributed by atoms with Gasteiger partial charge in [0.1, 0.15) is 11.4 Å². The molecule has 36 heavy (non-hydrogen) atoms. The third-order valence-corrected chi connectivity index (χ3v) is 6.53. The summed E-state index contributed by atoms with van der Waals surface area (Å²) < 4.78 is 17.9. The van der Waals surface area contributed by atoms with E-state index in [4.69, 9.17) is 14.2 Å². The highest BCUT2D eigenvalue weighted by molar-refractivity contribution is 5.92. The van der Waals surface area contributed by atoms with Gasteiger partial charge in [0.15, 0.2) is 11.5 Å². The lowest BCUT2D eigenvalue weighted by Gasteiger charge is -2.38. The van der Waals surface area contributed by atoms with Crippen LogP contribution in [0.1, 0.15) is 34.5 Å². The second-order valence-electron chi connectivity index (χ2n) is 9.01. The fraction of sp³-hybridized carbons (Fsp3) is 0.321. The number of hydrogen-bond acceptors (Lipinski definition) is 6. The van der Waals surface area contributed by atoms with Crippen molar-refractivity contribution < 1.29 is 23.8 Å². The molecule has 1 fully saturated rings. The first-order valence-electron chi connectivity index (χ1n) is 12.1. The van der Waals surface area contributed by atoms with Crippen molar-refractivity contribution in [3.05, 3.63) is 83.7 Å². The zero-order valence-electron chi connectivity index (χ0n) is 20.2. The lowest BCUT2D eigenvalue weighted by atomic mass is 10.0. The Hall–Kier alpha value is -3.91. The first-order chi connectivity index (χ1) is 17.6. The smallest absolute Gasteiger partial charge is 0.272 e. The molecule has 2 amide bonds. The molecule has 4 bridgehead atoms. The van der Waals surface area contributed by atoms with Gasteiger partial charge in [-0.25, -0.2) is 0 Å². The Kier molecular flexibility index (Phi) is 7.13. The van der Waals surface area contributed by atoms with Crippen LogP contribution in [0.2, 0.25) is 0 Å². The summed E-state index contributed by atoms with van der Waals surface area (Å²) in [7, 11) is 1.60. The monoisotopic (exact) mass is 487 g/mol. The summed E-state index contributed by atoms with van der Waals surface area (Å²) in [5.41, 5.74) is 2.32. The second-order valence-corrected chi connectivity index (χ2v) is 9.01. The van der Waals surface area contributed by atoms with Gasteiger partial charge in [-0.05, 0) is 60.4 Å². The standard InChI is InChI=1S/C28H29N3O5/c1-34-25-10-8-19-9-11-27(32)30-23-17-31(28(33)22-7-2-3-13-29-22)14-12-24(23)35-18-20-5-4-6-21(15-20)36-26(25)16-19/h2-8,10,13,15-16,23-24H,9,11-12,14,17-18H2,1H3,(H,30,32)/t23-,24+/m0/s1. The van der Waals surface area contributed by atoms with Crippen LogP contribution in [-0.4, -0.2) is 54.0 Å². The number of carbonyl (C=O) groups excluding carboxylic acids is 2. The van der Waals surface area contributed by atoms with Crippen molar-refractivity contribution in [2.45, 2.75) is 38.0 Å². The Labute approximate surface area is 210 Å². The van der Waals surface area contributed by atoms with E-state index in [-0.39, 0.29) is 24.0 Å². The fourth-order valence-electron chi connectivity index (χ4n) is 4.63. The number of piperidine rings is 1. The van der Waals surface area contributed by atoms with Crippen LogP contribution in [0.4, 0.5) is 0 Å². The van der Waals surface area contributed by atoms with Gasteiger partial charge in [0.25, 0.3) is 5.91 Å². The molecule has 8 heteroatoms. The maximum atomic E-state index is 13.0. The number of nitrogens with zero attached hydrogens (tertiary/aromatic N) is 2. The zero-order valence-corrected chi connectivity index (χ0v) is 20.2. The first-order valence-corrected chi connectivity index (χ1v) is 12.1. The SMILES string of the molecule is COc1ccc2cc1Oc1cccc(c1)CO[C@@H]1CCN(C(=O)c3ccccn3)C[C@@H]1NC(=O)CC2. The molecule has 3 aromatic rings. The molecule has 0 aliphatic carbocycles. The number of pyridine rings is 1. The van der Waals surface area contributed by atoms with Gasteiger partial charge in [0.2, 0.25) is 5.91 Å². The third kappa shape index (κ3) is 5.49. The Morgan fingerprint density at radius 2 is 2.00 bits per heavy atom. The van der Waals surface area contributed by atoms with Gasteiger partial charge in [-0.15, -0.1) is 0 Å². The first kappa shape index (κ1) is 23.8. The second kappa shape index (κ2) is 10.8. The number of hydrogen-bond donors (Lipinski definition) is 1. The maximum Gasteiger partial charge on any atom is 0.272 e. The Balaban J connectivity index is 1.39. The van der Waals surface area contributed by atoms with Gasteiger partial charge in [-0.2, -0.15) is 0 Å². The number of rotatable bonds is 2. The number of fused-ring (bicyclic) bond motifs is 5. The lowest BCUT2D eigenvalue weighted by molar-refractivity contribution is -0.124. The molecule has 186 valence electrons. The van der Waals surface area contributed by atoms with Crippen molar-refractivity contribution in [3.63, 3.8) is 0 Å². The Morgan fingerprint density at radius 3 is 2.83 bits per heavy atom. The minimum atomic E-state index is -0.324. The highest BCUT2D eigenvalue weighted by Crippen LogP contribution is 2.33. The maximum absolute atomic E-state index is 13.0. The van der Waals surface area contributed by atoms with Crippen LogP contribution in [0, 0.1) is 0 Å². The molecule has 1 aromatic heterocycles. The molecule has 0 unspecified atom stereocenters. The summed E-state index contributed by atoms with van der Waals surface area (Å²) in [5.74, 6) is 1.67. The Morgan fingerprint density at radius 1 is 1.08 bits per heavy atom. The third-order valence-electron chi connectivity index (χ3n) is 6.53. The number of methoxy groups -OCH3 is 1. The molecule has 1 saturated heterocycles. The molecule has 3 heterocycles. The molecule has 2 atom stereocenters. The average molecular weight is 488 g/mol. The number of aryl methyl sites for hydroxylation is 1. The predicted molar refractivity (Wildman–Crippen MR) is 133 cm³/mol. The van der Waals surface area contributed by atoms with E-state index in [0.717, 1.165) is 11.1 Å². The van der Waals surface area contributed by atoms with Crippen molar-refractivity contribution in [2.24, 2.45) is 0 Å². The van der Waals surface area contributed by atoms with Crippen LogP contribution >= 0.6 is 0 Å². The predicted octanol–water partition coefficient (Wildman–Crippen LogP) is 3.74. The molecule has 2 aliphatic heterocycles. The summed E-state index contributed by atoms with van der Waals surface area (Å²) >= 11 is 0. The number of amides is 2. The van der Waals surface area contributed by atoms with E-state index in [0.29, 0.717) is 61.9 Å². The Bertz CT molecular complexity index is 1230. The van der Waals surface area contributed by atoms with Crippen LogP contribution < -0.4 is 14.8 Å². The van der Waals surface area contributed by atoms with Crippen LogP contribution in [0.3, 0.4) is 0 Å². The van der Waals surface area contributed by atoms with Crippen molar-refractivity contribution in [1.82, 2.24) is 15.2 Å². The minimum absolute atomic E-state index is 0.0885. The largest absolute Gasteiger partial charge is 0.493 e. The fourth-order valence-corrected chi connectivity index (χ4v) is 4.63. The van der Waals surface area contributed by atoms with E-state index in [9.17, 15) is 9.59 Å². The normalized spacial score (nSPS) is 20.1. The summed E-state index contributed by atoms with van der Waals surface area (Å²) in [6.45, 7) is 1.25. The van der Waals surface area contributed by atoms with Gasteiger partial charge in [0.05, 0.1) is 25.9 Å². The van der Waals surface area contributed by atoms with Gasteiger partial charge in [0, 0.05) is 25.7 Å². The van der Waals surface area contributed by atoms with E-state index in [1.807, 2.05) is 42.5 Å². The van der Waals surface area contributed by atoms with Crippen LogP contribution in [0.25, 0.3) is 0 Å². The number of nitrogens with one attached hydrogen (secondary N) is 1. The van der Waals surface area contributed by atoms with Crippen LogP contribution in [-0.2, 0) is 22.6 Å². The summed E-state index contributed by atoms with van der Waals surface area (Å²) in [5, 5.41) is 3.13. The van der Waals surface area contributed by atoms with E-state index < -0.39 is 0 Å². The summed E-state index contributed by atoms with van der Waals surface area (Å²) in [6.07, 6.45) is 2.84. The average Bonchev–Trinajstić information content (AvgIpc) is 2.91. The van der Waals surface area contributed by atoms with Crippen molar-refractivity contribution in [2.75, 3.05) is 20.2 Å². The van der Waals surface area contributed by atoms with Gasteiger partial charge < -0.3 is 24.4 Å². The lowest BCUT2D eigenvalue weighted by Crippen LogP contribution is -2.57. The zero-order chi connectivity index (χ0) is 24.9. The summed E-state index contributed by atoms with van der Waals surface area (Å²) in [6, 6.07) is 18.4. The van der Waals surface area contributed by atoms with Gasteiger partial charge >= 0.3 is 0 Å². The van der Waals surface area contributed by atoms with E-state index >= 15 is 0 Å². The minimum Gasteiger partial charge on any atom is -0.493 e. The molecule has 0 saturated carbocycles. The molecule has 2 aliphatic rings.